The lowest BCUT2D eigenvalue weighted by atomic mass is 10.2. The summed E-state index contributed by atoms with van der Waals surface area (Å²) in [6.45, 7) is 3.69. The van der Waals surface area contributed by atoms with Crippen LogP contribution in [0.3, 0.4) is 0 Å². The first kappa shape index (κ1) is 11.4. The minimum atomic E-state index is 0.674. The molecule has 0 radical (unpaired) electrons. The van der Waals surface area contributed by atoms with Crippen molar-refractivity contribution >= 4 is 17.4 Å². The van der Waals surface area contributed by atoms with E-state index in [2.05, 4.69) is 36.5 Å². The fourth-order valence-electron chi connectivity index (χ4n) is 1.16. The van der Waals surface area contributed by atoms with E-state index in [9.17, 15) is 0 Å². The molecule has 0 aromatic heterocycles. The Morgan fingerprint density at radius 3 is 2.57 bits per heavy atom. The monoisotopic (exact) mass is 210 g/mol. The molecule has 0 saturated carbocycles. The van der Waals surface area contributed by atoms with Gasteiger partial charge in [-0.05, 0) is 23.4 Å². The van der Waals surface area contributed by atoms with E-state index in [4.69, 9.17) is 5.73 Å². The van der Waals surface area contributed by atoms with Crippen LogP contribution in [0.1, 0.15) is 12.5 Å². The van der Waals surface area contributed by atoms with Gasteiger partial charge in [0.25, 0.3) is 0 Å². The molecular weight excluding hydrogens is 192 g/mol. The van der Waals surface area contributed by atoms with Crippen LogP contribution in [0, 0.1) is 0 Å². The Balaban J connectivity index is 2.42. The molecule has 3 heteroatoms. The molecule has 78 valence electrons. The molecule has 0 atom stereocenters. The highest BCUT2D eigenvalue weighted by Crippen LogP contribution is 2.14. The van der Waals surface area contributed by atoms with E-state index in [0.717, 1.165) is 18.0 Å². The maximum Gasteiger partial charge on any atom is 0.0340 e. The zero-order valence-corrected chi connectivity index (χ0v) is 9.44. The third kappa shape index (κ3) is 4.03. The lowest BCUT2D eigenvalue weighted by Gasteiger charge is -2.05. The van der Waals surface area contributed by atoms with Crippen LogP contribution in [-0.4, -0.2) is 18.8 Å². The fraction of sp³-hybridized carbons (Fsp3) is 0.455. The molecule has 0 unspecified atom stereocenters. The van der Waals surface area contributed by atoms with Gasteiger partial charge in [-0.25, -0.2) is 0 Å². The number of benzene rings is 1. The number of nitrogens with two attached hydrogens (primary N) is 1. The van der Waals surface area contributed by atoms with E-state index >= 15 is 0 Å². The van der Waals surface area contributed by atoms with Gasteiger partial charge in [0.05, 0.1) is 0 Å². The number of rotatable bonds is 6. The van der Waals surface area contributed by atoms with Gasteiger partial charge in [-0.2, -0.15) is 11.8 Å². The van der Waals surface area contributed by atoms with E-state index < -0.39 is 0 Å². The zero-order valence-electron chi connectivity index (χ0n) is 8.62. The summed E-state index contributed by atoms with van der Waals surface area (Å²) in [5, 5.41) is 3.25. The molecule has 1 aromatic rings. The van der Waals surface area contributed by atoms with Gasteiger partial charge in [0, 0.05) is 24.5 Å². The van der Waals surface area contributed by atoms with Crippen LogP contribution in [0.25, 0.3) is 0 Å². The summed E-state index contributed by atoms with van der Waals surface area (Å²) in [7, 11) is 0. The Morgan fingerprint density at radius 2 is 2.00 bits per heavy atom. The van der Waals surface area contributed by atoms with Crippen molar-refractivity contribution in [3.63, 3.8) is 0 Å². The minimum Gasteiger partial charge on any atom is -0.384 e. The largest absolute Gasteiger partial charge is 0.384 e. The Morgan fingerprint density at radius 1 is 1.29 bits per heavy atom. The third-order valence-electron chi connectivity index (χ3n) is 1.90. The van der Waals surface area contributed by atoms with Crippen molar-refractivity contribution in [2.45, 2.75) is 12.7 Å². The Labute approximate surface area is 90.3 Å². The SMILES string of the molecule is CCSCc1ccc(NCCN)cc1. The van der Waals surface area contributed by atoms with Crippen LogP contribution in [0.2, 0.25) is 0 Å². The molecule has 0 amide bonds. The van der Waals surface area contributed by atoms with Crippen molar-refractivity contribution in [1.29, 1.82) is 0 Å². The van der Waals surface area contributed by atoms with E-state index in [1.165, 1.54) is 11.3 Å². The molecule has 0 fully saturated rings. The van der Waals surface area contributed by atoms with Gasteiger partial charge in [0.2, 0.25) is 0 Å². The second kappa shape index (κ2) is 6.74. The van der Waals surface area contributed by atoms with Gasteiger partial charge in [-0.3, -0.25) is 0 Å². The van der Waals surface area contributed by atoms with Crippen molar-refractivity contribution < 1.29 is 0 Å². The van der Waals surface area contributed by atoms with Crippen LogP contribution in [0.4, 0.5) is 5.69 Å². The first-order valence-corrected chi connectivity index (χ1v) is 6.13. The van der Waals surface area contributed by atoms with Crippen LogP contribution < -0.4 is 11.1 Å². The molecule has 0 aliphatic heterocycles. The standard InChI is InChI=1S/C11H18N2S/c1-2-14-9-10-3-5-11(6-4-10)13-8-7-12/h3-6,13H,2,7-9,12H2,1H3. The van der Waals surface area contributed by atoms with Crippen molar-refractivity contribution in [2.75, 3.05) is 24.2 Å². The maximum atomic E-state index is 5.41. The number of hydrogen-bond acceptors (Lipinski definition) is 3. The average molecular weight is 210 g/mol. The van der Waals surface area contributed by atoms with Gasteiger partial charge >= 0.3 is 0 Å². The van der Waals surface area contributed by atoms with Gasteiger partial charge < -0.3 is 11.1 Å². The normalized spacial score (nSPS) is 10.1. The molecule has 0 aliphatic rings. The molecule has 0 heterocycles. The second-order valence-corrected chi connectivity index (χ2v) is 4.32. The van der Waals surface area contributed by atoms with Crippen LogP contribution in [-0.2, 0) is 5.75 Å². The number of anilines is 1. The van der Waals surface area contributed by atoms with E-state index in [1.807, 2.05) is 11.8 Å². The average Bonchev–Trinajstić information content (AvgIpc) is 2.25. The smallest absolute Gasteiger partial charge is 0.0340 e. The summed E-state index contributed by atoms with van der Waals surface area (Å²) >= 11 is 1.94. The maximum absolute atomic E-state index is 5.41. The summed E-state index contributed by atoms with van der Waals surface area (Å²) in [5.74, 6) is 2.28. The predicted octanol–water partition coefficient (Wildman–Crippen LogP) is 2.31. The fourth-order valence-corrected chi connectivity index (χ4v) is 1.79. The molecule has 3 N–H and O–H groups in total. The third-order valence-corrected chi connectivity index (χ3v) is 2.85. The van der Waals surface area contributed by atoms with Crippen molar-refractivity contribution in [3.05, 3.63) is 29.8 Å². The molecular formula is C11H18N2S. The molecule has 0 aliphatic carbocycles. The van der Waals surface area contributed by atoms with Gasteiger partial charge in [0.1, 0.15) is 0 Å². The quantitative estimate of drug-likeness (QED) is 0.756. The Hall–Kier alpha value is -0.670. The van der Waals surface area contributed by atoms with Crippen LogP contribution in [0.15, 0.2) is 24.3 Å². The highest BCUT2D eigenvalue weighted by atomic mass is 32.2. The van der Waals surface area contributed by atoms with Gasteiger partial charge in [-0.15, -0.1) is 0 Å². The highest BCUT2D eigenvalue weighted by molar-refractivity contribution is 7.98. The molecule has 14 heavy (non-hydrogen) atoms. The lowest BCUT2D eigenvalue weighted by molar-refractivity contribution is 1.02. The molecule has 0 spiro atoms. The predicted molar refractivity (Wildman–Crippen MR) is 65.8 cm³/mol. The summed E-state index contributed by atoms with van der Waals surface area (Å²) in [4.78, 5) is 0. The number of nitrogens with one attached hydrogen (secondary N) is 1. The second-order valence-electron chi connectivity index (χ2n) is 3.05. The Bertz CT molecular complexity index is 219. The van der Waals surface area contributed by atoms with Crippen molar-refractivity contribution in [2.24, 2.45) is 5.73 Å². The molecule has 1 aromatic carbocycles. The molecule has 1 rings (SSSR count). The summed E-state index contributed by atoms with van der Waals surface area (Å²) in [5.41, 5.74) is 7.94. The first-order valence-electron chi connectivity index (χ1n) is 4.97. The van der Waals surface area contributed by atoms with Crippen molar-refractivity contribution in [1.82, 2.24) is 0 Å². The molecule has 0 saturated heterocycles. The first-order chi connectivity index (χ1) is 6.86. The topological polar surface area (TPSA) is 38.0 Å². The van der Waals surface area contributed by atoms with Gasteiger partial charge in [0.15, 0.2) is 0 Å². The summed E-state index contributed by atoms with van der Waals surface area (Å²) in [6, 6.07) is 8.56. The van der Waals surface area contributed by atoms with Gasteiger partial charge in [-0.1, -0.05) is 19.1 Å². The molecule has 0 bridgehead atoms. The van der Waals surface area contributed by atoms with E-state index in [1.54, 1.807) is 0 Å². The van der Waals surface area contributed by atoms with Crippen LogP contribution >= 0.6 is 11.8 Å². The Kier molecular flexibility index (Phi) is 5.49. The number of hydrogen-bond donors (Lipinski definition) is 2. The van der Waals surface area contributed by atoms with E-state index in [0.29, 0.717) is 6.54 Å². The van der Waals surface area contributed by atoms with Crippen LogP contribution in [0.5, 0.6) is 0 Å². The number of thioether (sulfide) groups is 1. The highest BCUT2D eigenvalue weighted by Gasteiger charge is 1.93. The summed E-state index contributed by atoms with van der Waals surface area (Å²) in [6.07, 6.45) is 0. The zero-order chi connectivity index (χ0) is 10.2. The lowest BCUT2D eigenvalue weighted by Crippen LogP contribution is -2.12. The molecule has 2 nitrogen and oxygen atoms in total. The summed E-state index contributed by atoms with van der Waals surface area (Å²) < 4.78 is 0. The minimum absolute atomic E-state index is 0.674. The van der Waals surface area contributed by atoms with Crippen molar-refractivity contribution in [3.8, 4) is 0 Å². The van der Waals surface area contributed by atoms with E-state index in [-0.39, 0.29) is 0 Å².